The molecule has 0 fully saturated rings. The minimum atomic E-state index is 0.840. The van der Waals surface area contributed by atoms with E-state index in [1.165, 1.54) is 0 Å². The molecule has 0 unspecified atom stereocenters. The lowest BCUT2D eigenvalue weighted by Gasteiger charge is -1.90. The molecule has 2 aromatic rings. The highest BCUT2D eigenvalue weighted by molar-refractivity contribution is 5.38. The number of nitrogens with zero attached hydrogens (tertiary/aromatic N) is 2. The fourth-order valence-electron chi connectivity index (χ4n) is 1.05. The highest BCUT2D eigenvalue weighted by Crippen LogP contribution is 2.16. The van der Waals surface area contributed by atoms with Crippen molar-refractivity contribution in [1.29, 1.82) is 0 Å². The van der Waals surface area contributed by atoms with Gasteiger partial charge in [0.05, 0.1) is 11.4 Å². The average Bonchev–Trinajstić information content (AvgIpc) is 2.29. The third-order valence-electron chi connectivity index (χ3n) is 1.74. The summed E-state index contributed by atoms with van der Waals surface area (Å²) in [6.45, 7) is 0. The van der Waals surface area contributed by atoms with Crippen LogP contribution < -0.4 is 0 Å². The van der Waals surface area contributed by atoms with Crippen molar-refractivity contribution in [1.82, 2.24) is 0 Å². The first kappa shape index (κ1) is 8.63. The van der Waals surface area contributed by atoms with Crippen LogP contribution in [0.3, 0.4) is 0 Å². The van der Waals surface area contributed by atoms with Crippen LogP contribution in [0, 0.1) is 6.07 Å². The second-order valence-corrected chi connectivity index (χ2v) is 2.79. The molecule has 0 heterocycles. The predicted molar refractivity (Wildman–Crippen MR) is 55.9 cm³/mol. The van der Waals surface area contributed by atoms with Crippen molar-refractivity contribution in [3.05, 3.63) is 60.7 Å². The van der Waals surface area contributed by atoms with Gasteiger partial charge in [0, 0.05) is 0 Å². The topological polar surface area (TPSA) is 24.7 Å². The Hall–Kier alpha value is -1.96. The molecule has 0 bridgehead atoms. The molecule has 0 aliphatic carbocycles. The Balaban J connectivity index is 2.16. The fourth-order valence-corrected chi connectivity index (χ4v) is 1.05. The zero-order chi connectivity index (χ0) is 9.64. The summed E-state index contributed by atoms with van der Waals surface area (Å²) in [4.78, 5) is 0. The van der Waals surface area contributed by atoms with Gasteiger partial charge >= 0.3 is 0 Å². The van der Waals surface area contributed by atoms with Crippen LogP contribution in [-0.4, -0.2) is 0 Å². The van der Waals surface area contributed by atoms with Gasteiger partial charge in [-0.15, -0.1) is 0 Å². The van der Waals surface area contributed by atoms with E-state index in [0.717, 1.165) is 11.4 Å². The molecule has 2 rings (SSSR count). The van der Waals surface area contributed by atoms with E-state index in [0.29, 0.717) is 0 Å². The molecule has 2 nitrogen and oxygen atoms in total. The van der Waals surface area contributed by atoms with E-state index in [4.69, 9.17) is 0 Å². The van der Waals surface area contributed by atoms with E-state index in [-0.39, 0.29) is 0 Å². The van der Waals surface area contributed by atoms with Gasteiger partial charge in [-0.2, -0.15) is 10.2 Å². The monoisotopic (exact) mass is 181 g/mol. The molecule has 0 aromatic heterocycles. The van der Waals surface area contributed by atoms with E-state index in [9.17, 15) is 0 Å². The lowest BCUT2D eigenvalue weighted by molar-refractivity contribution is 1.23. The molecule has 2 aromatic carbocycles. The summed E-state index contributed by atoms with van der Waals surface area (Å²) in [5.41, 5.74) is 1.70. The summed E-state index contributed by atoms with van der Waals surface area (Å²) in [7, 11) is 0. The van der Waals surface area contributed by atoms with Crippen LogP contribution in [0.1, 0.15) is 0 Å². The Labute approximate surface area is 82.9 Å². The Morgan fingerprint density at radius 2 is 1.29 bits per heavy atom. The van der Waals surface area contributed by atoms with Crippen molar-refractivity contribution in [3.63, 3.8) is 0 Å². The molecule has 67 valence electrons. The lowest BCUT2D eigenvalue weighted by atomic mass is 10.3. The lowest BCUT2D eigenvalue weighted by Crippen LogP contribution is -1.62. The molecule has 1 radical (unpaired) electrons. The third kappa shape index (κ3) is 2.26. The molecule has 0 aliphatic rings. The second kappa shape index (κ2) is 4.33. The fraction of sp³-hybridized carbons (Fsp3) is 0. The maximum absolute atomic E-state index is 4.09. The van der Waals surface area contributed by atoms with Crippen LogP contribution in [0.2, 0.25) is 0 Å². The molecule has 0 atom stereocenters. The van der Waals surface area contributed by atoms with Gasteiger partial charge in [-0.1, -0.05) is 30.3 Å². The first-order valence-electron chi connectivity index (χ1n) is 4.38. The van der Waals surface area contributed by atoms with Crippen LogP contribution in [-0.2, 0) is 0 Å². The van der Waals surface area contributed by atoms with Gasteiger partial charge in [0.15, 0.2) is 0 Å². The summed E-state index contributed by atoms with van der Waals surface area (Å²) in [5.74, 6) is 0. The normalized spacial score (nSPS) is 10.6. The molecule has 0 saturated heterocycles. The van der Waals surface area contributed by atoms with E-state index < -0.39 is 0 Å². The third-order valence-corrected chi connectivity index (χ3v) is 1.74. The number of benzene rings is 2. The van der Waals surface area contributed by atoms with Crippen molar-refractivity contribution in [2.45, 2.75) is 0 Å². The molecular formula is C12H9N2. The summed E-state index contributed by atoms with van der Waals surface area (Å²) in [6.07, 6.45) is 0. The highest BCUT2D eigenvalue weighted by atomic mass is 15.1. The highest BCUT2D eigenvalue weighted by Gasteiger charge is 1.86. The Morgan fingerprint density at radius 3 is 1.93 bits per heavy atom. The molecule has 0 spiro atoms. The quantitative estimate of drug-likeness (QED) is 0.627. The summed E-state index contributed by atoms with van der Waals surface area (Å²) >= 11 is 0. The van der Waals surface area contributed by atoms with Gasteiger partial charge in [-0.05, 0) is 30.3 Å². The molecule has 0 N–H and O–H groups in total. The van der Waals surface area contributed by atoms with E-state index in [1.54, 1.807) is 0 Å². The molecule has 0 saturated carbocycles. The Morgan fingerprint density at radius 1 is 0.714 bits per heavy atom. The first-order chi connectivity index (χ1) is 6.95. The minimum Gasteiger partial charge on any atom is -0.151 e. The summed E-state index contributed by atoms with van der Waals surface area (Å²) < 4.78 is 0. The smallest absolute Gasteiger partial charge is 0.0857 e. The zero-order valence-electron chi connectivity index (χ0n) is 7.59. The average molecular weight is 181 g/mol. The zero-order valence-corrected chi connectivity index (χ0v) is 7.59. The van der Waals surface area contributed by atoms with Crippen molar-refractivity contribution in [2.24, 2.45) is 10.2 Å². The van der Waals surface area contributed by atoms with Crippen LogP contribution >= 0.6 is 0 Å². The molecular weight excluding hydrogens is 172 g/mol. The number of hydrogen-bond donors (Lipinski definition) is 0. The minimum absolute atomic E-state index is 0.840. The first-order valence-corrected chi connectivity index (χ1v) is 4.38. The van der Waals surface area contributed by atoms with Crippen molar-refractivity contribution >= 4 is 11.4 Å². The molecule has 0 amide bonds. The van der Waals surface area contributed by atoms with Crippen LogP contribution in [0.25, 0.3) is 0 Å². The van der Waals surface area contributed by atoms with Gasteiger partial charge in [0.1, 0.15) is 0 Å². The van der Waals surface area contributed by atoms with Crippen molar-refractivity contribution < 1.29 is 0 Å². The van der Waals surface area contributed by atoms with Crippen LogP contribution in [0.15, 0.2) is 64.8 Å². The molecule has 14 heavy (non-hydrogen) atoms. The maximum Gasteiger partial charge on any atom is 0.0857 e. The van der Waals surface area contributed by atoms with Crippen LogP contribution in [0.5, 0.6) is 0 Å². The van der Waals surface area contributed by atoms with Crippen LogP contribution in [0.4, 0.5) is 11.4 Å². The number of azo groups is 1. The van der Waals surface area contributed by atoms with E-state index in [2.05, 4.69) is 16.3 Å². The van der Waals surface area contributed by atoms with E-state index >= 15 is 0 Å². The maximum atomic E-state index is 4.09. The Bertz CT molecular complexity index is 365. The molecule has 0 aliphatic heterocycles. The van der Waals surface area contributed by atoms with Gasteiger partial charge in [0.2, 0.25) is 0 Å². The standard InChI is InChI=1S/C12H9N2/c1-3-7-11(8-4-1)13-14-12-9-5-2-6-10-12/h1,3-10H/b14-13-. The SMILES string of the molecule is [c]1ccc(/N=N\c2ccccc2)cc1. The van der Waals surface area contributed by atoms with E-state index in [1.807, 2.05) is 54.6 Å². The van der Waals surface area contributed by atoms with Crippen molar-refractivity contribution in [2.75, 3.05) is 0 Å². The summed E-state index contributed by atoms with van der Waals surface area (Å²) in [5, 5.41) is 8.17. The predicted octanol–water partition coefficient (Wildman–Crippen LogP) is 3.90. The van der Waals surface area contributed by atoms with Gasteiger partial charge < -0.3 is 0 Å². The molecule has 2 heteroatoms. The van der Waals surface area contributed by atoms with Gasteiger partial charge in [-0.3, -0.25) is 0 Å². The van der Waals surface area contributed by atoms with Crippen molar-refractivity contribution in [3.8, 4) is 0 Å². The van der Waals surface area contributed by atoms with Gasteiger partial charge in [0.25, 0.3) is 0 Å². The van der Waals surface area contributed by atoms with Gasteiger partial charge in [-0.25, -0.2) is 0 Å². The second-order valence-electron chi connectivity index (χ2n) is 2.79. The largest absolute Gasteiger partial charge is 0.151 e. The number of rotatable bonds is 2. The summed E-state index contributed by atoms with van der Waals surface area (Å²) in [6, 6.07) is 20.0. The number of hydrogen-bond acceptors (Lipinski definition) is 2. The Kier molecular flexibility index (Phi) is 2.67.